The molecule has 1 heterocycles. The van der Waals surface area contributed by atoms with Gasteiger partial charge < -0.3 is 9.64 Å². The Hall–Kier alpha value is -1.53. The van der Waals surface area contributed by atoms with Gasteiger partial charge in [-0.2, -0.15) is 0 Å². The molecule has 4 nitrogen and oxygen atoms in total. The lowest BCUT2D eigenvalue weighted by atomic mass is 9.81. The molecule has 2 aromatic carbocycles. The van der Waals surface area contributed by atoms with Gasteiger partial charge in [-0.3, -0.25) is 0 Å². The number of anilines is 2. The number of nitrogens with zero attached hydrogens (tertiary/aromatic N) is 1. The summed E-state index contributed by atoms with van der Waals surface area (Å²) in [7, 11) is -1.90. The van der Waals surface area contributed by atoms with Crippen molar-refractivity contribution in [2.75, 3.05) is 24.3 Å². The predicted molar refractivity (Wildman–Crippen MR) is 118 cm³/mol. The van der Waals surface area contributed by atoms with Crippen LogP contribution in [0.15, 0.2) is 51.8 Å². The zero-order chi connectivity index (χ0) is 20.4. The number of rotatable bonds is 6. The van der Waals surface area contributed by atoms with Crippen molar-refractivity contribution < 1.29 is 13.2 Å². The highest BCUT2D eigenvalue weighted by atomic mass is 79.9. The van der Waals surface area contributed by atoms with E-state index in [1.165, 1.54) is 0 Å². The molecule has 0 saturated carbocycles. The number of para-hydroxylation sites is 1. The van der Waals surface area contributed by atoms with Crippen molar-refractivity contribution in [1.29, 1.82) is 0 Å². The van der Waals surface area contributed by atoms with Crippen molar-refractivity contribution in [3.63, 3.8) is 0 Å². The standard InChI is InChI=1S/C22H28BrNO3S/c1-4-6-12-22(5-2)15-24(17-10-8-7-9-11-17)19-13-18(23)20(27-3)14-21(19)28(25,26)16-22/h7-11,13-14H,4-6,12,15-16H2,1-3H3/t22-/m0/s1. The Morgan fingerprint density at radius 2 is 1.89 bits per heavy atom. The summed E-state index contributed by atoms with van der Waals surface area (Å²) < 4.78 is 33.1. The van der Waals surface area contributed by atoms with E-state index in [-0.39, 0.29) is 11.2 Å². The van der Waals surface area contributed by atoms with Crippen molar-refractivity contribution in [3.05, 3.63) is 46.9 Å². The van der Waals surface area contributed by atoms with E-state index < -0.39 is 9.84 Å². The van der Waals surface area contributed by atoms with Crippen molar-refractivity contribution in [2.45, 2.75) is 44.4 Å². The minimum absolute atomic E-state index is 0.164. The van der Waals surface area contributed by atoms with Crippen LogP contribution in [-0.2, 0) is 9.84 Å². The van der Waals surface area contributed by atoms with E-state index in [0.717, 1.165) is 35.8 Å². The lowest BCUT2D eigenvalue weighted by Gasteiger charge is -2.36. The van der Waals surface area contributed by atoms with Crippen LogP contribution in [-0.4, -0.2) is 27.8 Å². The van der Waals surface area contributed by atoms with Gasteiger partial charge in [0, 0.05) is 23.7 Å². The molecular formula is C22H28BrNO3S. The molecule has 152 valence electrons. The average Bonchev–Trinajstić information content (AvgIpc) is 2.79. The molecule has 1 atom stereocenters. The third kappa shape index (κ3) is 4.08. The van der Waals surface area contributed by atoms with Gasteiger partial charge in [0.15, 0.2) is 9.84 Å². The number of fused-ring (bicyclic) bond motifs is 1. The van der Waals surface area contributed by atoms with Gasteiger partial charge >= 0.3 is 0 Å². The molecule has 2 aromatic rings. The molecule has 28 heavy (non-hydrogen) atoms. The van der Waals surface area contributed by atoms with E-state index in [1.54, 1.807) is 13.2 Å². The molecule has 3 rings (SSSR count). The Kier molecular flexibility index (Phi) is 6.40. The minimum Gasteiger partial charge on any atom is -0.496 e. The van der Waals surface area contributed by atoms with Crippen LogP contribution >= 0.6 is 15.9 Å². The summed E-state index contributed by atoms with van der Waals surface area (Å²) in [5, 5.41) is 0. The number of sulfone groups is 1. The molecule has 0 saturated heterocycles. The van der Waals surface area contributed by atoms with E-state index in [9.17, 15) is 8.42 Å². The molecule has 1 aliphatic heterocycles. The summed E-state index contributed by atoms with van der Waals surface area (Å²) in [4.78, 5) is 2.52. The smallest absolute Gasteiger partial charge is 0.181 e. The predicted octanol–water partition coefficient (Wildman–Crippen LogP) is 5.97. The summed E-state index contributed by atoms with van der Waals surface area (Å²) in [6.07, 6.45) is 3.80. The number of methoxy groups -OCH3 is 1. The number of halogens is 1. The van der Waals surface area contributed by atoms with Crippen molar-refractivity contribution in [3.8, 4) is 5.75 Å². The highest BCUT2D eigenvalue weighted by molar-refractivity contribution is 9.10. The number of benzene rings is 2. The summed E-state index contributed by atoms with van der Waals surface area (Å²) in [6, 6.07) is 13.6. The molecule has 0 N–H and O–H groups in total. The van der Waals surface area contributed by atoms with E-state index >= 15 is 0 Å². The average molecular weight is 466 g/mol. The summed E-state index contributed by atoms with van der Waals surface area (Å²) in [6.45, 7) is 4.94. The molecule has 6 heteroatoms. The first-order valence-electron chi connectivity index (χ1n) is 9.78. The molecule has 0 fully saturated rings. The van der Waals surface area contributed by atoms with Crippen LogP contribution < -0.4 is 9.64 Å². The summed E-state index contributed by atoms with van der Waals surface area (Å²) >= 11 is 3.54. The summed E-state index contributed by atoms with van der Waals surface area (Å²) in [5.74, 6) is 0.699. The SMILES string of the molecule is CCCC[C@@]1(CC)CN(c2ccccc2)c2cc(Br)c(OC)cc2S(=O)(=O)C1. The van der Waals surface area contributed by atoms with Gasteiger partial charge in [-0.05, 0) is 47.0 Å². The largest absolute Gasteiger partial charge is 0.496 e. The van der Waals surface area contributed by atoms with Crippen molar-refractivity contribution in [2.24, 2.45) is 5.41 Å². The Morgan fingerprint density at radius 1 is 1.18 bits per heavy atom. The Balaban J connectivity index is 2.25. The van der Waals surface area contributed by atoms with Crippen LogP contribution in [0.5, 0.6) is 5.75 Å². The second-order valence-electron chi connectivity index (χ2n) is 7.59. The molecule has 0 bridgehead atoms. The zero-order valence-electron chi connectivity index (χ0n) is 16.7. The fourth-order valence-electron chi connectivity index (χ4n) is 4.02. The topological polar surface area (TPSA) is 46.6 Å². The van der Waals surface area contributed by atoms with Gasteiger partial charge in [0.25, 0.3) is 0 Å². The summed E-state index contributed by atoms with van der Waals surface area (Å²) in [5.41, 5.74) is 1.43. The Bertz CT molecular complexity index is 930. The number of hydrogen-bond donors (Lipinski definition) is 0. The van der Waals surface area contributed by atoms with Gasteiger partial charge in [0.05, 0.1) is 27.9 Å². The number of ether oxygens (including phenoxy) is 1. The second-order valence-corrected chi connectivity index (χ2v) is 10.4. The van der Waals surface area contributed by atoms with Crippen molar-refractivity contribution >= 4 is 37.1 Å². The van der Waals surface area contributed by atoms with Crippen LogP contribution in [0.3, 0.4) is 0 Å². The number of hydrogen-bond acceptors (Lipinski definition) is 4. The molecule has 0 unspecified atom stereocenters. The monoisotopic (exact) mass is 465 g/mol. The lowest BCUT2D eigenvalue weighted by Crippen LogP contribution is -2.37. The van der Waals surface area contributed by atoms with Crippen LogP contribution in [0.2, 0.25) is 0 Å². The fraction of sp³-hybridized carbons (Fsp3) is 0.455. The quantitative estimate of drug-likeness (QED) is 0.526. The molecule has 1 aliphatic rings. The molecule has 0 aromatic heterocycles. The van der Waals surface area contributed by atoms with Crippen LogP contribution in [0.1, 0.15) is 39.5 Å². The maximum atomic E-state index is 13.5. The third-order valence-corrected chi connectivity index (χ3v) is 8.34. The molecule has 0 spiro atoms. The van der Waals surface area contributed by atoms with E-state index in [1.807, 2.05) is 36.4 Å². The van der Waals surface area contributed by atoms with Gasteiger partial charge in [-0.15, -0.1) is 0 Å². The maximum Gasteiger partial charge on any atom is 0.181 e. The first-order valence-corrected chi connectivity index (χ1v) is 12.2. The molecular weight excluding hydrogens is 438 g/mol. The van der Waals surface area contributed by atoms with E-state index in [4.69, 9.17) is 4.74 Å². The van der Waals surface area contributed by atoms with Gasteiger partial charge in [-0.1, -0.05) is 44.9 Å². The van der Waals surface area contributed by atoms with Crippen LogP contribution in [0, 0.1) is 5.41 Å². The molecule has 0 aliphatic carbocycles. The van der Waals surface area contributed by atoms with Gasteiger partial charge in [-0.25, -0.2) is 8.42 Å². The van der Waals surface area contributed by atoms with E-state index in [2.05, 4.69) is 34.7 Å². The lowest BCUT2D eigenvalue weighted by molar-refractivity contribution is 0.290. The third-order valence-electron chi connectivity index (χ3n) is 5.73. The molecule has 0 amide bonds. The Morgan fingerprint density at radius 3 is 2.50 bits per heavy atom. The van der Waals surface area contributed by atoms with Crippen LogP contribution in [0.25, 0.3) is 0 Å². The van der Waals surface area contributed by atoms with Gasteiger partial charge in [0.1, 0.15) is 5.75 Å². The number of unbranched alkanes of at least 4 members (excludes halogenated alkanes) is 1. The zero-order valence-corrected chi connectivity index (χ0v) is 19.1. The van der Waals surface area contributed by atoms with Crippen molar-refractivity contribution in [1.82, 2.24) is 0 Å². The molecule has 0 radical (unpaired) electrons. The Labute approximate surface area is 176 Å². The first kappa shape index (κ1) is 21.2. The highest BCUT2D eigenvalue weighted by Crippen LogP contribution is 2.46. The maximum absolute atomic E-state index is 13.5. The van der Waals surface area contributed by atoms with Crippen LogP contribution in [0.4, 0.5) is 11.4 Å². The minimum atomic E-state index is -3.46. The fourth-order valence-corrected chi connectivity index (χ4v) is 6.69. The second kappa shape index (κ2) is 8.46. The normalized spacial score (nSPS) is 21.1. The highest BCUT2D eigenvalue weighted by Gasteiger charge is 2.41. The van der Waals surface area contributed by atoms with E-state index in [0.29, 0.717) is 22.9 Å². The first-order chi connectivity index (χ1) is 13.4. The van der Waals surface area contributed by atoms with Gasteiger partial charge in [0.2, 0.25) is 0 Å².